The van der Waals surface area contributed by atoms with Gasteiger partial charge < -0.3 is 39.5 Å². The van der Waals surface area contributed by atoms with Crippen molar-refractivity contribution in [2.45, 2.75) is 431 Å². The zero-order valence-electron chi connectivity index (χ0n) is 76.8. The first-order valence-electron chi connectivity index (χ1n) is 48.3. The van der Waals surface area contributed by atoms with E-state index >= 15 is 0 Å². The molecule has 0 unspecified atom stereocenters. The molecule has 2 fully saturated rings. The number of aliphatic carboxylic acids is 3. The van der Waals surface area contributed by atoms with E-state index in [1.54, 1.807) is 91.0 Å². The summed E-state index contributed by atoms with van der Waals surface area (Å²) in [6.07, 6.45) is 82.1. The Morgan fingerprint density at radius 3 is 0.878 bits per heavy atom. The van der Waals surface area contributed by atoms with Crippen LogP contribution in [0.2, 0.25) is 0 Å². The molecule has 18 nitrogen and oxygen atoms in total. The summed E-state index contributed by atoms with van der Waals surface area (Å²) < 4.78 is 15.5. The number of carboxylic acids is 3. The number of hydrogen-bond acceptors (Lipinski definition) is 14. The molecule has 2 amide bonds. The van der Waals surface area contributed by atoms with Crippen LogP contribution in [0.25, 0.3) is 0 Å². The van der Waals surface area contributed by atoms with Gasteiger partial charge in [0.25, 0.3) is 11.8 Å². The molecule has 2 aliphatic heterocycles. The van der Waals surface area contributed by atoms with Gasteiger partial charge in [0.05, 0.1) is 0 Å². The maximum absolute atomic E-state index is 12.7. The topological polar surface area (TPSA) is 275 Å². The fraction of sp³-hybridized carbons (Fsp3) is 0.663. The number of hydrogen-bond donors (Lipinski definition) is 4. The highest BCUT2D eigenvalue weighted by molar-refractivity contribution is 6.63. The molecule has 123 heavy (non-hydrogen) atoms. The number of imide groups is 1. The number of benzene rings is 3. The molecule has 0 spiro atoms. The summed E-state index contributed by atoms with van der Waals surface area (Å²) in [5.41, 5.74) is 1.31. The number of rotatable bonds is 69. The number of carbonyl (C=O) groups excluding carboxylic acids is 6. The number of allylic oxidation sites excluding steroid dienone is 8. The Labute approximate surface area is 748 Å². The van der Waals surface area contributed by atoms with E-state index in [2.05, 4.69) is 76.3 Å². The summed E-state index contributed by atoms with van der Waals surface area (Å²) in [7, 11) is 0. The predicted octanol–water partition coefficient (Wildman–Crippen LogP) is 28.8. The Bertz CT molecular complexity index is 3080. The van der Waals surface area contributed by atoms with E-state index < -0.39 is 65.9 Å². The summed E-state index contributed by atoms with van der Waals surface area (Å²) in [4.78, 5) is 108. The van der Waals surface area contributed by atoms with Gasteiger partial charge in [0.1, 0.15) is 0 Å². The van der Waals surface area contributed by atoms with Crippen molar-refractivity contribution in [3.63, 3.8) is 0 Å². The van der Waals surface area contributed by atoms with Crippen molar-refractivity contribution < 1.29 is 82.6 Å². The van der Waals surface area contributed by atoms with Gasteiger partial charge in [0, 0.05) is 62.9 Å². The third-order valence-electron chi connectivity index (χ3n) is 21.1. The molecule has 696 valence electrons. The zero-order chi connectivity index (χ0) is 90.2. The summed E-state index contributed by atoms with van der Waals surface area (Å²) in [5.74, 6) is -6.11. The minimum atomic E-state index is -1.41. The van der Waals surface area contributed by atoms with Gasteiger partial charge in [-0.25, -0.2) is 14.4 Å². The lowest BCUT2D eigenvalue weighted by atomic mass is 10.1. The minimum Gasteiger partial charge on any atom is -0.481 e. The second-order valence-electron chi connectivity index (χ2n) is 32.4. The van der Waals surface area contributed by atoms with E-state index in [1.165, 1.54) is 250 Å². The van der Waals surface area contributed by atoms with Crippen molar-refractivity contribution in [1.29, 1.82) is 0 Å². The summed E-state index contributed by atoms with van der Waals surface area (Å²) in [6.45, 7) is 11.0. The van der Waals surface area contributed by atoms with E-state index in [-0.39, 0.29) is 30.9 Å². The average molecular weight is 1740 g/mol. The van der Waals surface area contributed by atoms with E-state index in [4.69, 9.17) is 46.0 Å². The number of carboxylic acid groups (broad SMARTS) is 3. The molecule has 0 radical (unpaired) electrons. The lowest BCUT2D eigenvalue weighted by molar-refractivity contribution is -0.206. The Morgan fingerprint density at radius 1 is 0.350 bits per heavy atom. The van der Waals surface area contributed by atoms with Gasteiger partial charge in [-0.05, 0) is 158 Å². The fourth-order valence-corrected chi connectivity index (χ4v) is 13.7. The number of unbranched alkanes of at least 4 members (excludes halogenated alkanes) is 44. The average Bonchev–Trinajstić information content (AvgIpc) is 1.77. The lowest BCUT2D eigenvalue weighted by Gasteiger charge is -2.19. The molecule has 0 saturated carbocycles. The standard InChI is InChI=1S/C30H43NO6.C26H40O4.C18H33ClO.C18H34O2.C8H8O3.C4H8O/c1-2-3-4-5-6-7-8-9-10-11-12-13-14-15-19-22-28(34)36-29(25-20-17-16-18-21-25)30(35)37-31-26(32)23-24-27(31)33;1-2-3-4-5-6-7-8-9-10-11-12-13-14-15-19-22-24(27)30-25(26(28)29)23-20-17-16-18-21-23;2*1-2-3-4-5-6-7-8-9-10-11-12-13-14-15-16-17-18(19)20;9-7(8(10)11)6-4-2-1-3-5-6;1-2-4-5-3-1/h9-10,16-18,20-21,29H,2-8,11-15,19,22-24H2,1H3;9-10,16-18,20-21,25H,2-8,11-15,19,22H2,1H3,(H,28,29);9-10H,2-8,11-17H2,1H3;9-10H,2-8,11-17H2,1H3,(H,19,20);1-5,7,9H,(H,10,11);1-4H2/b4*10-9+;;/t29-;25-;;;7-;/m00..0./s1. The van der Waals surface area contributed by atoms with Crippen molar-refractivity contribution in [2.75, 3.05) is 13.2 Å². The number of aliphatic hydroxyl groups excluding tert-OH is 1. The quantitative estimate of drug-likeness (QED) is 0.0134. The highest BCUT2D eigenvalue weighted by atomic mass is 35.5. The third kappa shape index (κ3) is 75.5. The number of aliphatic hydroxyl groups is 1. The van der Waals surface area contributed by atoms with E-state index in [9.17, 15) is 48.3 Å². The van der Waals surface area contributed by atoms with Crippen molar-refractivity contribution in [1.82, 2.24) is 5.06 Å². The number of ether oxygens (including phenoxy) is 3. The van der Waals surface area contributed by atoms with Crippen molar-refractivity contribution in [2.24, 2.45) is 0 Å². The number of amides is 2. The molecule has 2 saturated heterocycles. The number of esters is 2. The Hall–Kier alpha value is -7.54. The molecule has 0 bridgehead atoms. The lowest BCUT2D eigenvalue weighted by Crippen LogP contribution is -2.35. The number of nitrogens with zero attached hydrogens (tertiary/aromatic N) is 1. The normalized spacial score (nSPS) is 13.0. The van der Waals surface area contributed by atoms with Gasteiger partial charge >= 0.3 is 35.8 Å². The number of hydroxylamine groups is 2. The molecule has 4 N–H and O–H groups in total. The summed E-state index contributed by atoms with van der Waals surface area (Å²) >= 11 is 5.29. The molecule has 3 aromatic rings. The molecule has 0 aromatic heterocycles. The zero-order valence-corrected chi connectivity index (χ0v) is 77.5. The number of carbonyl (C=O) groups is 9. The molecular weight excluding hydrogens is 1570 g/mol. The maximum Gasteiger partial charge on any atom is 0.378 e. The Balaban J connectivity index is 0.00000155. The fourth-order valence-electron chi connectivity index (χ4n) is 13.6. The first-order valence-corrected chi connectivity index (χ1v) is 48.6. The molecule has 2 aliphatic rings. The van der Waals surface area contributed by atoms with Crippen molar-refractivity contribution >= 4 is 64.5 Å². The largest absolute Gasteiger partial charge is 0.481 e. The van der Waals surface area contributed by atoms with Crippen LogP contribution in [0.15, 0.2) is 140 Å². The molecule has 5 rings (SSSR count). The molecule has 19 heteroatoms. The monoisotopic (exact) mass is 1740 g/mol. The van der Waals surface area contributed by atoms with E-state index in [1.807, 2.05) is 0 Å². The van der Waals surface area contributed by atoms with E-state index in [0.717, 1.165) is 103 Å². The van der Waals surface area contributed by atoms with Crippen LogP contribution in [0.1, 0.15) is 448 Å². The van der Waals surface area contributed by atoms with Crippen LogP contribution < -0.4 is 0 Å². The van der Waals surface area contributed by atoms with Crippen LogP contribution in [-0.2, 0) is 62.2 Å². The smallest absolute Gasteiger partial charge is 0.378 e. The second kappa shape index (κ2) is 87.9. The first-order chi connectivity index (χ1) is 59.9. The van der Waals surface area contributed by atoms with Gasteiger partial charge in [0.2, 0.25) is 17.5 Å². The summed E-state index contributed by atoms with van der Waals surface area (Å²) in [5, 5.41) is 35.5. The molecular formula is C104H166ClNO17. The van der Waals surface area contributed by atoms with Gasteiger partial charge in [-0.2, -0.15) is 0 Å². The van der Waals surface area contributed by atoms with Gasteiger partial charge in [0.15, 0.2) is 6.10 Å². The van der Waals surface area contributed by atoms with Crippen LogP contribution in [-0.4, -0.2) is 91.6 Å². The Kier molecular flexibility index (Phi) is 82.5. The van der Waals surface area contributed by atoms with Crippen molar-refractivity contribution in [3.05, 3.63) is 156 Å². The number of halogens is 1. The minimum absolute atomic E-state index is 0.00259. The highest BCUT2D eigenvalue weighted by Crippen LogP contribution is 2.25. The van der Waals surface area contributed by atoms with Crippen molar-refractivity contribution in [3.8, 4) is 0 Å². The van der Waals surface area contributed by atoms with Gasteiger partial charge in [-0.3, -0.25) is 28.8 Å². The van der Waals surface area contributed by atoms with Crippen LogP contribution in [0.3, 0.4) is 0 Å². The second-order valence-corrected chi connectivity index (χ2v) is 32.9. The predicted molar refractivity (Wildman–Crippen MR) is 501 cm³/mol. The summed E-state index contributed by atoms with van der Waals surface area (Å²) in [6, 6.07) is 25.3. The van der Waals surface area contributed by atoms with Gasteiger partial charge in [-0.1, -0.05) is 373 Å². The SMILES string of the molecule is C1CCOC1.CCCCCCCC/C=C/CCCCCCCC(=O)Cl.CCCCCCCC/C=C/CCCCCCCC(=O)O.CCCCCCCC/C=C/CCCCCCCC(=O)O[C@H](C(=O)O)c1ccccc1.CCCCCCCC/C=C/CCCCCCCC(=O)O[C@H](C(=O)ON1C(=O)CCC1=O)c1ccccc1.O=C(O)[C@@H](O)c1ccccc1. The van der Waals surface area contributed by atoms with Crippen LogP contribution >= 0.6 is 11.6 Å². The van der Waals surface area contributed by atoms with E-state index in [0.29, 0.717) is 41.0 Å². The Morgan fingerprint density at radius 2 is 0.610 bits per heavy atom. The third-order valence-corrected chi connectivity index (χ3v) is 21.3. The van der Waals surface area contributed by atoms with Crippen LogP contribution in [0.5, 0.6) is 0 Å². The van der Waals surface area contributed by atoms with Crippen LogP contribution in [0, 0.1) is 0 Å². The molecule has 0 aliphatic carbocycles. The highest BCUT2D eigenvalue weighted by Gasteiger charge is 2.37. The molecule has 3 atom stereocenters. The van der Waals surface area contributed by atoms with Crippen LogP contribution in [0.4, 0.5) is 0 Å². The molecule has 2 heterocycles. The molecule has 3 aromatic carbocycles. The maximum atomic E-state index is 12.7. The first kappa shape index (κ1) is 115. The van der Waals surface area contributed by atoms with Gasteiger partial charge in [-0.15, -0.1) is 5.06 Å².